The van der Waals surface area contributed by atoms with E-state index in [0.717, 1.165) is 27.9 Å². The summed E-state index contributed by atoms with van der Waals surface area (Å²) in [5.41, 5.74) is 4.93. The lowest BCUT2D eigenvalue weighted by Crippen LogP contribution is -2.15. The molecule has 0 aliphatic heterocycles. The molecule has 1 atom stereocenters. The van der Waals surface area contributed by atoms with Gasteiger partial charge in [-0.25, -0.2) is 0 Å². The number of nitrogens with one attached hydrogen (secondary N) is 1. The van der Waals surface area contributed by atoms with Crippen LogP contribution in [-0.4, -0.2) is 16.4 Å². The van der Waals surface area contributed by atoms with Crippen molar-refractivity contribution in [1.82, 2.24) is 0 Å². The summed E-state index contributed by atoms with van der Waals surface area (Å²) in [4.78, 5) is 12.2. The zero-order chi connectivity index (χ0) is 16.1. The Morgan fingerprint density at radius 1 is 1.14 bits per heavy atom. The zero-order valence-electron chi connectivity index (χ0n) is 13.2. The molecule has 22 heavy (non-hydrogen) atoms. The van der Waals surface area contributed by atoms with Gasteiger partial charge in [-0.1, -0.05) is 42.0 Å². The van der Waals surface area contributed by atoms with E-state index in [9.17, 15) is 9.00 Å². The largest absolute Gasteiger partial charge is 0.326 e. The number of rotatable bonds is 5. The Labute approximate surface area is 134 Å². The molecule has 0 aliphatic rings. The van der Waals surface area contributed by atoms with E-state index in [2.05, 4.69) is 5.32 Å². The van der Waals surface area contributed by atoms with Gasteiger partial charge in [0.05, 0.1) is 6.42 Å². The fourth-order valence-electron chi connectivity index (χ4n) is 2.40. The van der Waals surface area contributed by atoms with Crippen LogP contribution >= 0.6 is 0 Å². The van der Waals surface area contributed by atoms with Crippen LogP contribution < -0.4 is 5.32 Å². The highest BCUT2D eigenvalue weighted by Crippen LogP contribution is 2.20. The van der Waals surface area contributed by atoms with Gasteiger partial charge in [0.1, 0.15) is 0 Å². The number of anilines is 1. The van der Waals surface area contributed by atoms with Gasteiger partial charge in [0.25, 0.3) is 0 Å². The second-order valence-corrected chi connectivity index (χ2v) is 6.96. The first-order valence-corrected chi connectivity index (χ1v) is 8.92. The van der Waals surface area contributed by atoms with E-state index >= 15 is 0 Å². The quantitative estimate of drug-likeness (QED) is 0.919. The number of hydrogen-bond donors (Lipinski definition) is 1. The van der Waals surface area contributed by atoms with Crippen molar-refractivity contribution in [2.75, 3.05) is 11.6 Å². The van der Waals surface area contributed by atoms with Gasteiger partial charge in [0.2, 0.25) is 5.91 Å². The van der Waals surface area contributed by atoms with Crippen LogP contribution in [0.5, 0.6) is 0 Å². The third-order valence-corrected chi connectivity index (χ3v) is 4.24. The molecule has 2 aromatic rings. The van der Waals surface area contributed by atoms with E-state index < -0.39 is 10.8 Å². The fraction of sp³-hybridized carbons (Fsp3) is 0.278. The lowest BCUT2D eigenvalue weighted by atomic mass is 10.1. The summed E-state index contributed by atoms with van der Waals surface area (Å²) >= 11 is 0. The first-order valence-electron chi connectivity index (χ1n) is 7.19. The Morgan fingerprint density at radius 2 is 1.86 bits per heavy atom. The molecule has 0 aromatic heterocycles. The fourth-order valence-corrected chi connectivity index (χ4v) is 3.15. The predicted octanol–water partition coefficient (Wildman–Crippen LogP) is 3.36. The third kappa shape index (κ3) is 4.53. The Hall–Kier alpha value is -1.94. The van der Waals surface area contributed by atoms with Crippen LogP contribution in [0.2, 0.25) is 0 Å². The van der Waals surface area contributed by atoms with Crippen LogP contribution in [-0.2, 0) is 27.8 Å². The van der Waals surface area contributed by atoms with Crippen molar-refractivity contribution < 1.29 is 9.00 Å². The molecule has 116 valence electrons. The smallest absolute Gasteiger partial charge is 0.228 e. The summed E-state index contributed by atoms with van der Waals surface area (Å²) in [5.74, 6) is 0.469. The lowest BCUT2D eigenvalue weighted by molar-refractivity contribution is -0.115. The number of aryl methyl sites for hydroxylation is 1. The SMILES string of the molecule is Cc1cccc(CC(=O)Nc2cccc(C[S@@](C)=O)c2C)c1. The summed E-state index contributed by atoms with van der Waals surface area (Å²) in [5, 5.41) is 2.95. The second-order valence-electron chi connectivity index (χ2n) is 5.52. The zero-order valence-corrected chi connectivity index (χ0v) is 14.0. The molecule has 0 fully saturated rings. The Morgan fingerprint density at radius 3 is 2.55 bits per heavy atom. The molecular weight excluding hydrogens is 294 g/mol. The first-order chi connectivity index (χ1) is 10.5. The summed E-state index contributed by atoms with van der Waals surface area (Å²) in [7, 11) is -0.895. The van der Waals surface area contributed by atoms with Crippen molar-refractivity contribution in [2.45, 2.75) is 26.0 Å². The highest BCUT2D eigenvalue weighted by molar-refractivity contribution is 7.83. The molecule has 1 N–H and O–H groups in total. The molecular formula is C18H21NO2S. The molecule has 0 spiro atoms. The highest BCUT2D eigenvalue weighted by atomic mass is 32.2. The molecule has 2 aromatic carbocycles. The summed E-state index contributed by atoms with van der Waals surface area (Å²) in [6.07, 6.45) is 2.04. The average molecular weight is 315 g/mol. The maximum atomic E-state index is 12.2. The molecule has 0 saturated heterocycles. The number of carbonyl (C=O) groups is 1. The van der Waals surface area contributed by atoms with Gasteiger partial charge in [-0.15, -0.1) is 0 Å². The topological polar surface area (TPSA) is 46.2 Å². The third-order valence-electron chi connectivity index (χ3n) is 3.53. The second kappa shape index (κ2) is 7.36. The van der Waals surface area contributed by atoms with Gasteiger partial charge in [-0.2, -0.15) is 0 Å². The van der Waals surface area contributed by atoms with Gasteiger partial charge < -0.3 is 5.32 Å². The molecule has 0 heterocycles. The maximum absolute atomic E-state index is 12.2. The highest BCUT2D eigenvalue weighted by Gasteiger charge is 2.09. The lowest BCUT2D eigenvalue weighted by Gasteiger charge is -2.12. The molecule has 1 amide bonds. The minimum absolute atomic E-state index is 0.0385. The van der Waals surface area contributed by atoms with Gasteiger partial charge in [-0.05, 0) is 36.6 Å². The van der Waals surface area contributed by atoms with Gasteiger partial charge in [0.15, 0.2) is 0 Å². The molecule has 0 aliphatic carbocycles. The normalized spacial score (nSPS) is 12.0. The van der Waals surface area contributed by atoms with Crippen LogP contribution in [0.4, 0.5) is 5.69 Å². The standard InChI is InChI=1S/C18H21NO2S/c1-13-6-4-7-15(10-13)11-18(20)19-17-9-5-8-16(14(17)2)12-22(3)21/h4-10H,11-12H2,1-3H3,(H,19,20)/t22-/m1/s1. The van der Waals surface area contributed by atoms with Crippen molar-refractivity contribution >= 4 is 22.4 Å². The van der Waals surface area contributed by atoms with E-state index in [-0.39, 0.29) is 5.91 Å². The summed E-state index contributed by atoms with van der Waals surface area (Å²) in [6, 6.07) is 13.7. The number of carbonyl (C=O) groups excluding carboxylic acids is 1. The molecule has 0 saturated carbocycles. The van der Waals surface area contributed by atoms with E-state index in [0.29, 0.717) is 12.2 Å². The Kier molecular flexibility index (Phi) is 5.50. The number of amides is 1. The van der Waals surface area contributed by atoms with Crippen LogP contribution in [0.25, 0.3) is 0 Å². The molecule has 0 radical (unpaired) electrons. The van der Waals surface area contributed by atoms with E-state index in [1.807, 2.05) is 56.3 Å². The van der Waals surface area contributed by atoms with Gasteiger partial charge >= 0.3 is 0 Å². The van der Waals surface area contributed by atoms with E-state index in [1.165, 1.54) is 0 Å². The van der Waals surface area contributed by atoms with Crippen molar-refractivity contribution in [1.29, 1.82) is 0 Å². The summed E-state index contributed by atoms with van der Waals surface area (Å²) in [6.45, 7) is 3.96. The Balaban J connectivity index is 2.10. The van der Waals surface area contributed by atoms with Gasteiger partial charge in [-0.3, -0.25) is 9.00 Å². The molecule has 3 nitrogen and oxygen atoms in total. The van der Waals surface area contributed by atoms with Crippen LogP contribution in [0, 0.1) is 13.8 Å². The van der Waals surface area contributed by atoms with E-state index in [1.54, 1.807) is 6.26 Å². The van der Waals surface area contributed by atoms with Crippen molar-refractivity contribution in [3.63, 3.8) is 0 Å². The minimum Gasteiger partial charge on any atom is -0.326 e. The first kappa shape index (κ1) is 16.4. The van der Waals surface area contributed by atoms with E-state index in [4.69, 9.17) is 0 Å². The summed E-state index contributed by atoms with van der Waals surface area (Å²) < 4.78 is 11.4. The monoisotopic (exact) mass is 315 g/mol. The van der Waals surface area contributed by atoms with Crippen LogP contribution in [0.15, 0.2) is 42.5 Å². The maximum Gasteiger partial charge on any atom is 0.228 e. The number of benzene rings is 2. The number of hydrogen-bond acceptors (Lipinski definition) is 2. The molecule has 0 unspecified atom stereocenters. The van der Waals surface area contributed by atoms with Crippen molar-refractivity contribution in [2.24, 2.45) is 0 Å². The molecule has 0 bridgehead atoms. The average Bonchev–Trinajstić information content (AvgIpc) is 2.42. The van der Waals surface area contributed by atoms with Gasteiger partial charge in [0, 0.05) is 28.5 Å². The van der Waals surface area contributed by atoms with Crippen molar-refractivity contribution in [3.8, 4) is 0 Å². The van der Waals surface area contributed by atoms with Crippen molar-refractivity contribution in [3.05, 3.63) is 64.7 Å². The predicted molar refractivity (Wildman–Crippen MR) is 92.5 cm³/mol. The minimum atomic E-state index is -0.895. The molecule has 4 heteroatoms. The Bertz CT molecular complexity index is 710. The van der Waals surface area contributed by atoms with Crippen LogP contribution in [0.1, 0.15) is 22.3 Å². The molecule has 2 rings (SSSR count). The van der Waals surface area contributed by atoms with Crippen LogP contribution in [0.3, 0.4) is 0 Å².